The lowest BCUT2D eigenvalue weighted by atomic mass is 10.1. The molecule has 1 aliphatic rings. The van der Waals surface area contributed by atoms with E-state index in [-0.39, 0.29) is 6.04 Å². The van der Waals surface area contributed by atoms with Gasteiger partial charge in [-0.3, -0.25) is 0 Å². The smallest absolute Gasteiger partial charge is 0.0924 e. The molecule has 8 heavy (non-hydrogen) atoms. The highest BCUT2D eigenvalue weighted by Crippen LogP contribution is 2.03. The molecule has 48 valence electrons. The Hall–Kier alpha value is -0.120. The summed E-state index contributed by atoms with van der Waals surface area (Å²) in [6.07, 6.45) is 0.338. The first-order valence-corrected chi connectivity index (χ1v) is 2.82. The highest BCUT2D eigenvalue weighted by molar-refractivity contribution is 4.74. The third-order valence-corrected chi connectivity index (χ3v) is 1.38. The van der Waals surface area contributed by atoms with Crippen molar-refractivity contribution in [2.24, 2.45) is 5.73 Å². The van der Waals surface area contributed by atoms with Crippen molar-refractivity contribution in [3.63, 3.8) is 0 Å². The van der Waals surface area contributed by atoms with Crippen molar-refractivity contribution in [1.29, 1.82) is 0 Å². The van der Waals surface area contributed by atoms with Gasteiger partial charge in [-0.25, -0.2) is 0 Å². The summed E-state index contributed by atoms with van der Waals surface area (Å²) in [6.45, 7) is 1.10. The molecule has 3 nitrogen and oxygen atoms in total. The zero-order chi connectivity index (χ0) is 5.98. The molecule has 0 saturated carbocycles. The van der Waals surface area contributed by atoms with Gasteiger partial charge in [-0.1, -0.05) is 0 Å². The van der Waals surface area contributed by atoms with E-state index in [4.69, 9.17) is 15.6 Å². The van der Waals surface area contributed by atoms with Crippen molar-refractivity contribution in [1.82, 2.24) is 0 Å². The molecule has 0 aromatic carbocycles. The normalized spacial score (nSPS) is 39.8. The van der Waals surface area contributed by atoms with Crippen molar-refractivity contribution in [3.8, 4) is 0 Å². The molecule has 1 fully saturated rings. The van der Waals surface area contributed by atoms with Crippen LogP contribution in [0.1, 0.15) is 6.42 Å². The van der Waals surface area contributed by atoms with E-state index in [1.165, 1.54) is 0 Å². The van der Waals surface area contributed by atoms with Crippen LogP contribution in [0, 0.1) is 0 Å². The monoisotopic (exact) mass is 117 g/mol. The van der Waals surface area contributed by atoms with Crippen molar-refractivity contribution in [3.05, 3.63) is 0 Å². The van der Waals surface area contributed by atoms with E-state index in [9.17, 15) is 0 Å². The first kappa shape index (κ1) is 6.01. The van der Waals surface area contributed by atoms with E-state index >= 15 is 0 Å². The predicted octanol–water partition coefficient (Wildman–Crippen LogP) is -0.905. The molecule has 1 aliphatic heterocycles. The van der Waals surface area contributed by atoms with E-state index in [1.807, 2.05) is 0 Å². The Labute approximate surface area is 48.4 Å². The fraction of sp³-hybridized carbons (Fsp3) is 1.00. The summed E-state index contributed by atoms with van der Waals surface area (Å²) in [5.74, 6) is 0. The zero-order valence-electron chi connectivity index (χ0n) is 4.71. The highest BCUT2D eigenvalue weighted by atomic mass is 16.5. The molecule has 0 aliphatic carbocycles. The van der Waals surface area contributed by atoms with Crippen molar-refractivity contribution < 1.29 is 9.84 Å². The molecule has 2 atom stereocenters. The van der Waals surface area contributed by atoms with E-state index in [1.54, 1.807) is 0 Å². The van der Waals surface area contributed by atoms with Crippen LogP contribution in [-0.2, 0) is 4.74 Å². The van der Waals surface area contributed by atoms with Gasteiger partial charge in [0.15, 0.2) is 0 Å². The van der Waals surface area contributed by atoms with E-state index in [2.05, 4.69) is 0 Å². The average Bonchev–Trinajstić information content (AvgIpc) is 1.77. The fourth-order valence-electron chi connectivity index (χ4n) is 0.739. The standard InChI is InChI=1S/C5H11NO2/c6-4-1-2-8-3-5(4)7/h4-5,7H,1-3,6H2. The molecule has 1 heterocycles. The van der Waals surface area contributed by atoms with Crippen LogP contribution in [0.2, 0.25) is 0 Å². The third kappa shape index (κ3) is 1.18. The van der Waals surface area contributed by atoms with Crippen LogP contribution in [0.25, 0.3) is 0 Å². The van der Waals surface area contributed by atoms with Gasteiger partial charge in [0.05, 0.1) is 12.7 Å². The molecule has 0 radical (unpaired) electrons. The SMILES string of the molecule is NC1CCOCC1O. The van der Waals surface area contributed by atoms with E-state index < -0.39 is 6.10 Å². The first-order chi connectivity index (χ1) is 3.80. The summed E-state index contributed by atoms with van der Waals surface area (Å²) in [7, 11) is 0. The molecule has 0 bridgehead atoms. The Morgan fingerprint density at radius 2 is 2.38 bits per heavy atom. The van der Waals surface area contributed by atoms with Crippen LogP contribution in [0.4, 0.5) is 0 Å². The first-order valence-electron chi connectivity index (χ1n) is 2.82. The maximum Gasteiger partial charge on any atom is 0.0924 e. The lowest BCUT2D eigenvalue weighted by Crippen LogP contribution is -2.42. The summed E-state index contributed by atoms with van der Waals surface area (Å²) < 4.78 is 4.92. The zero-order valence-corrected chi connectivity index (χ0v) is 4.71. The Morgan fingerprint density at radius 3 is 2.75 bits per heavy atom. The fourth-order valence-corrected chi connectivity index (χ4v) is 0.739. The lowest BCUT2D eigenvalue weighted by Gasteiger charge is -2.23. The second-order valence-electron chi connectivity index (χ2n) is 2.09. The summed E-state index contributed by atoms with van der Waals surface area (Å²) >= 11 is 0. The van der Waals surface area contributed by atoms with Gasteiger partial charge in [-0.05, 0) is 6.42 Å². The van der Waals surface area contributed by atoms with Crippen LogP contribution in [0.3, 0.4) is 0 Å². The van der Waals surface area contributed by atoms with Crippen LogP contribution >= 0.6 is 0 Å². The Kier molecular flexibility index (Phi) is 1.83. The van der Waals surface area contributed by atoms with Gasteiger partial charge in [0.25, 0.3) is 0 Å². The molecule has 3 heteroatoms. The topological polar surface area (TPSA) is 55.5 Å². The molecular formula is C5H11NO2. The predicted molar refractivity (Wildman–Crippen MR) is 29.4 cm³/mol. The second-order valence-corrected chi connectivity index (χ2v) is 2.09. The molecule has 2 unspecified atom stereocenters. The third-order valence-electron chi connectivity index (χ3n) is 1.38. The van der Waals surface area contributed by atoms with Crippen molar-refractivity contribution in [2.75, 3.05) is 13.2 Å². The number of nitrogens with two attached hydrogens (primary N) is 1. The minimum absolute atomic E-state index is 0.0660. The van der Waals surface area contributed by atoms with Crippen LogP contribution in [0.15, 0.2) is 0 Å². The Bertz CT molecular complexity index is 66.8. The Balaban J connectivity index is 2.28. The van der Waals surface area contributed by atoms with E-state index in [0.29, 0.717) is 13.2 Å². The molecule has 1 saturated heterocycles. The van der Waals surface area contributed by atoms with Crippen molar-refractivity contribution >= 4 is 0 Å². The number of rotatable bonds is 0. The van der Waals surface area contributed by atoms with Gasteiger partial charge < -0.3 is 15.6 Å². The van der Waals surface area contributed by atoms with Gasteiger partial charge in [0, 0.05) is 12.6 Å². The number of ether oxygens (including phenoxy) is 1. The second kappa shape index (κ2) is 2.44. The lowest BCUT2D eigenvalue weighted by molar-refractivity contribution is -0.0182. The molecule has 0 spiro atoms. The minimum atomic E-state index is -0.441. The van der Waals surface area contributed by atoms with Gasteiger partial charge in [0.1, 0.15) is 0 Å². The maximum atomic E-state index is 8.93. The molecule has 1 rings (SSSR count). The molecule has 0 amide bonds. The quantitative estimate of drug-likeness (QED) is 0.432. The average molecular weight is 117 g/mol. The summed E-state index contributed by atoms with van der Waals surface area (Å²) in [5.41, 5.74) is 5.45. The van der Waals surface area contributed by atoms with Crippen molar-refractivity contribution in [2.45, 2.75) is 18.6 Å². The molecule has 0 aromatic heterocycles. The minimum Gasteiger partial charge on any atom is -0.389 e. The van der Waals surface area contributed by atoms with E-state index in [0.717, 1.165) is 6.42 Å². The van der Waals surface area contributed by atoms with Crippen LogP contribution < -0.4 is 5.73 Å². The van der Waals surface area contributed by atoms with Crippen LogP contribution in [0.5, 0.6) is 0 Å². The molecular weight excluding hydrogens is 106 g/mol. The van der Waals surface area contributed by atoms with Gasteiger partial charge >= 0.3 is 0 Å². The van der Waals surface area contributed by atoms with Crippen LogP contribution in [-0.4, -0.2) is 30.5 Å². The summed E-state index contributed by atoms with van der Waals surface area (Å²) in [6, 6.07) is -0.0660. The number of aliphatic hydroxyl groups excluding tert-OH is 1. The number of aliphatic hydroxyl groups is 1. The Morgan fingerprint density at radius 1 is 1.62 bits per heavy atom. The van der Waals surface area contributed by atoms with Gasteiger partial charge in [0.2, 0.25) is 0 Å². The van der Waals surface area contributed by atoms with Gasteiger partial charge in [-0.2, -0.15) is 0 Å². The summed E-state index contributed by atoms with van der Waals surface area (Å²) in [5, 5.41) is 8.93. The largest absolute Gasteiger partial charge is 0.389 e. The summed E-state index contributed by atoms with van der Waals surface area (Å²) in [4.78, 5) is 0. The van der Waals surface area contributed by atoms with Gasteiger partial charge in [-0.15, -0.1) is 0 Å². The maximum absolute atomic E-state index is 8.93. The number of hydrogen-bond acceptors (Lipinski definition) is 3. The highest BCUT2D eigenvalue weighted by Gasteiger charge is 2.18. The molecule has 0 aromatic rings. The number of hydrogen-bond donors (Lipinski definition) is 2. The molecule has 3 N–H and O–H groups in total.